The Labute approximate surface area is 239 Å². The van der Waals surface area contributed by atoms with Crippen LogP contribution in [0.5, 0.6) is 5.75 Å². The van der Waals surface area contributed by atoms with Crippen molar-refractivity contribution >= 4 is 52.9 Å². The van der Waals surface area contributed by atoms with E-state index in [-0.39, 0.29) is 16.9 Å². The van der Waals surface area contributed by atoms with Crippen LogP contribution in [0.1, 0.15) is 33.4 Å². The number of carbonyl (C=O) groups excluding carboxylic acids is 3. The molecule has 0 saturated carbocycles. The van der Waals surface area contributed by atoms with Crippen molar-refractivity contribution < 1.29 is 33.8 Å². The average Bonchev–Trinajstić information content (AvgIpc) is 3.47. The van der Waals surface area contributed by atoms with Crippen LogP contribution in [-0.4, -0.2) is 39.2 Å². The van der Waals surface area contributed by atoms with Gasteiger partial charge in [0.25, 0.3) is 11.8 Å². The first-order chi connectivity index (χ1) is 19.7. The lowest BCUT2D eigenvalue weighted by Gasteiger charge is -2.14. The molecule has 3 aromatic carbocycles. The summed E-state index contributed by atoms with van der Waals surface area (Å²) in [6, 6.07) is 22.4. The van der Waals surface area contributed by atoms with Gasteiger partial charge in [-0.3, -0.25) is 14.4 Å². The third-order valence-electron chi connectivity index (χ3n) is 5.63. The first kappa shape index (κ1) is 28.7. The van der Waals surface area contributed by atoms with Gasteiger partial charge in [-0.15, -0.1) is 11.8 Å². The van der Waals surface area contributed by atoms with E-state index >= 15 is 0 Å². The maximum Gasteiger partial charge on any atom is 0.339 e. The van der Waals surface area contributed by atoms with E-state index in [9.17, 15) is 29.4 Å². The van der Waals surface area contributed by atoms with E-state index in [4.69, 9.17) is 4.42 Å². The predicted molar refractivity (Wildman–Crippen MR) is 155 cm³/mol. The normalized spacial score (nSPS) is 11.8. The summed E-state index contributed by atoms with van der Waals surface area (Å²) in [6.07, 6.45) is 2.87. The second-order valence-electron chi connectivity index (χ2n) is 8.66. The van der Waals surface area contributed by atoms with Crippen molar-refractivity contribution in [2.45, 2.75) is 17.1 Å². The number of benzene rings is 3. The topological polar surface area (TPSA) is 158 Å². The van der Waals surface area contributed by atoms with Crippen molar-refractivity contribution in [1.29, 1.82) is 0 Å². The molecule has 1 unspecified atom stereocenters. The molecule has 0 aliphatic carbocycles. The highest BCUT2D eigenvalue weighted by atomic mass is 32.2. The van der Waals surface area contributed by atoms with E-state index in [1.54, 1.807) is 73.7 Å². The molecular formula is C30H25N3O7S. The predicted octanol–water partition coefficient (Wildman–Crippen LogP) is 5.21. The molecule has 4 aromatic rings. The van der Waals surface area contributed by atoms with E-state index < -0.39 is 34.7 Å². The lowest BCUT2D eigenvalue weighted by molar-refractivity contribution is -0.115. The van der Waals surface area contributed by atoms with Gasteiger partial charge in [-0.1, -0.05) is 24.3 Å². The number of aromatic carboxylic acids is 1. The number of nitrogens with one attached hydrogen (secondary N) is 3. The van der Waals surface area contributed by atoms with Crippen molar-refractivity contribution in [3.8, 4) is 5.75 Å². The Balaban J connectivity index is 1.44. The average molecular weight is 572 g/mol. The second kappa shape index (κ2) is 13.2. The highest BCUT2D eigenvalue weighted by Crippen LogP contribution is 2.28. The molecule has 0 bridgehead atoms. The van der Waals surface area contributed by atoms with E-state index in [0.29, 0.717) is 21.9 Å². The Hall–Kier alpha value is -5.29. The number of furan rings is 1. The van der Waals surface area contributed by atoms with Crippen molar-refractivity contribution in [3.63, 3.8) is 0 Å². The van der Waals surface area contributed by atoms with Crippen LogP contribution in [0.25, 0.3) is 6.08 Å². The number of rotatable bonds is 10. The van der Waals surface area contributed by atoms with Crippen LogP contribution in [0.2, 0.25) is 0 Å². The molecule has 0 aliphatic heterocycles. The molecule has 3 amide bonds. The van der Waals surface area contributed by atoms with E-state index in [0.717, 1.165) is 0 Å². The van der Waals surface area contributed by atoms with Gasteiger partial charge in [-0.2, -0.15) is 0 Å². The maximum absolute atomic E-state index is 13.2. The summed E-state index contributed by atoms with van der Waals surface area (Å²) >= 11 is 1.22. The minimum absolute atomic E-state index is 0.0331. The third-order valence-corrected chi connectivity index (χ3v) is 6.72. The molecule has 1 atom stereocenters. The van der Waals surface area contributed by atoms with Crippen molar-refractivity contribution in [2.75, 3.05) is 10.6 Å². The molecule has 0 fully saturated rings. The molecule has 1 heterocycles. The highest BCUT2D eigenvalue weighted by Gasteiger charge is 2.19. The van der Waals surface area contributed by atoms with Crippen molar-refractivity contribution in [1.82, 2.24) is 5.32 Å². The Morgan fingerprint density at radius 1 is 0.878 bits per heavy atom. The van der Waals surface area contributed by atoms with Crippen LogP contribution in [0.4, 0.5) is 11.4 Å². The summed E-state index contributed by atoms with van der Waals surface area (Å²) in [5, 5.41) is 26.3. The van der Waals surface area contributed by atoms with Crippen LogP contribution >= 0.6 is 11.8 Å². The number of carboxylic acid groups (broad SMARTS) is 1. The number of amides is 3. The fourth-order valence-corrected chi connectivity index (χ4v) is 4.52. The summed E-state index contributed by atoms with van der Waals surface area (Å²) in [6.45, 7) is 1.67. The minimum Gasteiger partial charge on any atom is -0.507 e. The number of carbonyl (C=O) groups is 4. The van der Waals surface area contributed by atoms with Crippen LogP contribution in [0.15, 0.2) is 106 Å². The zero-order valence-corrected chi connectivity index (χ0v) is 22.5. The number of hydrogen-bond donors (Lipinski definition) is 5. The standard InChI is InChI=1S/C30H25N3O7S/c1-18(27(35)31-21-12-13-26(34)24(16-21)30(38)39)41-23-11-5-9-20(15-23)32-29(37)25(17-22-10-6-14-40-22)33-28(36)19-7-3-2-4-8-19/h2-18,34H,1H3,(H,31,35)(H,32,37)(H,33,36)(H,38,39)/b25-17-. The number of carboxylic acids is 1. The fraction of sp³-hybridized carbons (Fsp3) is 0.0667. The number of hydrogen-bond acceptors (Lipinski definition) is 7. The van der Waals surface area contributed by atoms with Gasteiger partial charge in [-0.05, 0) is 67.6 Å². The molecule has 1 aromatic heterocycles. The Bertz CT molecular complexity index is 1600. The summed E-state index contributed by atoms with van der Waals surface area (Å²) in [4.78, 5) is 50.6. The van der Waals surface area contributed by atoms with Gasteiger partial charge in [-0.25, -0.2) is 4.79 Å². The summed E-state index contributed by atoms with van der Waals surface area (Å²) in [7, 11) is 0. The lowest BCUT2D eigenvalue weighted by atomic mass is 10.2. The van der Waals surface area contributed by atoms with Gasteiger partial charge >= 0.3 is 5.97 Å². The van der Waals surface area contributed by atoms with E-state index in [1.807, 2.05) is 0 Å². The first-order valence-electron chi connectivity index (χ1n) is 12.3. The van der Waals surface area contributed by atoms with Crippen LogP contribution in [0, 0.1) is 0 Å². The molecule has 41 heavy (non-hydrogen) atoms. The molecule has 0 radical (unpaired) electrons. The minimum atomic E-state index is -1.32. The van der Waals surface area contributed by atoms with E-state index in [1.165, 1.54) is 42.3 Å². The SMILES string of the molecule is CC(Sc1cccc(NC(=O)/C(=C/c2ccco2)NC(=O)c2ccccc2)c1)C(=O)Nc1ccc(O)c(C(=O)O)c1. The molecule has 0 saturated heterocycles. The van der Waals surface area contributed by atoms with Crippen molar-refractivity contribution in [3.05, 3.63) is 114 Å². The molecule has 5 N–H and O–H groups in total. The number of thioether (sulfide) groups is 1. The number of anilines is 2. The molecule has 11 heteroatoms. The zero-order chi connectivity index (χ0) is 29.4. The lowest BCUT2D eigenvalue weighted by Crippen LogP contribution is -2.30. The first-order valence-corrected chi connectivity index (χ1v) is 13.1. The highest BCUT2D eigenvalue weighted by molar-refractivity contribution is 8.00. The smallest absolute Gasteiger partial charge is 0.339 e. The summed E-state index contributed by atoms with van der Waals surface area (Å²) < 4.78 is 5.31. The monoisotopic (exact) mass is 571 g/mol. The van der Waals surface area contributed by atoms with Gasteiger partial charge in [0.05, 0.1) is 11.5 Å². The Morgan fingerprint density at radius 3 is 2.34 bits per heavy atom. The van der Waals surface area contributed by atoms with Gasteiger partial charge in [0.1, 0.15) is 22.8 Å². The molecular weight excluding hydrogens is 546 g/mol. The molecule has 0 spiro atoms. The third kappa shape index (κ3) is 7.87. The Kier molecular flexibility index (Phi) is 9.23. The van der Waals surface area contributed by atoms with Crippen LogP contribution in [-0.2, 0) is 9.59 Å². The number of phenols is 1. The van der Waals surface area contributed by atoms with Crippen LogP contribution < -0.4 is 16.0 Å². The van der Waals surface area contributed by atoms with Gasteiger partial charge < -0.3 is 30.6 Å². The zero-order valence-electron chi connectivity index (χ0n) is 21.7. The fourth-order valence-electron chi connectivity index (χ4n) is 3.59. The summed E-state index contributed by atoms with van der Waals surface area (Å²) in [5.74, 6) is -2.79. The summed E-state index contributed by atoms with van der Waals surface area (Å²) in [5.41, 5.74) is 0.674. The largest absolute Gasteiger partial charge is 0.507 e. The number of aromatic hydroxyl groups is 1. The van der Waals surface area contributed by atoms with Gasteiger partial charge in [0.15, 0.2) is 0 Å². The van der Waals surface area contributed by atoms with Crippen LogP contribution in [0.3, 0.4) is 0 Å². The second-order valence-corrected chi connectivity index (χ2v) is 10.1. The van der Waals surface area contributed by atoms with Gasteiger partial charge in [0.2, 0.25) is 5.91 Å². The van der Waals surface area contributed by atoms with E-state index in [2.05, 4.69) is 16.0 Å². The quantitative estimate of drug-likeness (QED) is 0.0986. The van der Waals surface area contributed by atoms with Crippen molar-refractivity contribution in [2.24, 2.45) is 0 Å². The maximum atomic E-state index is 13.2. The molecule has 0 aliphatic rings. The Morgan fingerprint density at radius 2 is 1.63 bits per heavy atom. The van der Waals surface area contributed by atoms with Gasteiger partial charge in [0, 0.05) is 27.9 Å². The molecule has 4 rings (SSSR count). The molecule has 208 valence electrons. The molecule has 10 nitrogen and oxygen atoms in total.